The van der Waals surface area contributed by atoms with Gasteiger partial charge in [-0.2, -0.15) is 5.26 Å². The number of hydrogen-bond donors (Lipinski definition) is 0. The normalized spacial score (nSPS) is 11.9. The topological polar surface area (TPSA) is 58.8 Å². The highest BCUT2D eigenvalue weighted by molar-refractivity contribution is 7.13. The lowest BCUT2D eigenvalue weighted by Gasteiger charge is -2.08. The van der Waals surface area contributed by atoms with Crippen LogP contribution in [0, 0.1) is 39.0 Å². The van der Waals surface area contributed by atoms with Gasteiger partial charge in [-0.25, -0.2) is 9.97 Å². The second-order valence-corrected chi connectivity index (χ2v) is 6.83. The lowest BCUT2D eigenvalue weighted by molar-refractivity contribution is 0.571. The minimum Gasteiger partial charge on any atom is -0.565 e. The Morgan fingerprint density at radius 1 is 1.15 bits per heavy atom. The van der Waals surface area contributed by atoms with E-state index in [0.29, 0.717) is 17.0 Å². The fourth-order valence-electron chi connectivity index (χ4n) is 1.94. The summed E-state index contributed by atoms with van der Waals surface area (Å²) in [6, 6.07) is 2.17. The Hall–Kier alpha value is -1.65. The van der Waals surface area contributed by atoms with Crippen molar-refractivity contribution in [2.75, 3.05) is 0 Å². The average Bonchev–Trinajstić information content (AvgIpc) is 2.88. The summed E-state index contributed by atoms with van der Waals surface area (Å²) in [5.74, 6) is 0.307. The molecule has 0 unspecified atom stereocenters. The molecule has 0 fully saturated rings. The van der Waals surface area contributed by atoms with Gasteiger partial charge in [-0.1, -0.05) is 0 Å². The zero-order valence-electron chi connectivity index (χ0n) is 11.6. The Balaban J connectivity index is 2.69. The zero-order valence-corrected chi connectivity index (χ0v) is 13.3. The predicted octanol–water partition coefficient (Wildman–Crippen LogP) is 3.33. The molecule has 0 atom stereocenters. The summed E-state index contributed by atoms with van der Waals surface area (Å²) in [7, 11) is 5.39. The van der Waals surface area contributed by atoms with E-state index in [9.17, 15) is 5.26 Å². The van der Waals surface area contributed by atoms with Crippen LogP contribution in [-0.2, 0) is 4.65 Å². The number of hydrogen-bond acceptors (Lipinski definition) is 6. The maximum absolute atomic E-state index is 9.48. The Morgan fingerprint density at radius 3 is 2.20 bits per heavy atom. The lowest BCUT2D eigenvalue weighted by atomic mass is 10.1. The first-order valence-corrected chi connectivity index (χ1v) is 7.51. The molecule has 0 aliphatic carbocycles. The van der Waals surface area contributed by atoms with E-state index in [1.165, 1.54) is 11.3 Å². The van der Waals surface area contributed by atoms with Crippen molar-refractivity contribution in [2.45, 2.75) is 27.7 Å². The number of nitriles is 1. The summed E-state index contributed by atoms with van der Waals surface area (Å²) in [5.41, 5.74) is 1.80. The molecule has 2 heterocycles. The van der Waals surface area contributed by atoms with Crippen molar-refractivity contribution in [3.05, 3.63) is 31.2 Å². The van der Waals surface area contributed by atoms with Crippen molar-refractivity contribution in [1.29, 1.82) is 5.26 Å². The molecule has 0 spiro atoms. The van der Waals surface area contributed by atoms with Gasteiger partial charge in [-0.15, -0.1) is 22.7 Å². The van der Waals surface area contributed by atoms with Gasteiger partial charge in [0.2, 0.25) is 0 Å². The Bertz CT molecular complexity index is 725. The summed E-state index contributed by atoms with van der Waals surface area (Å²) < 4.78 is 4.98. The fourth-order valence-corrected chi connectivity index (χ4v) is 3.67. The standard InChI is InChI=1S/C13H12BN3OS2/c1-6-13(20-8(3)16-6)10(5-15)12(18-14)11-7(2)19-9(4)17-11/h1-4H3. The van der Waals surface area contributed by atoms with Gasteiger partial charge in [0.05, 0.1) is 20.6 Å². The summed E-state index contributed by atoms with van der Waals surface area (Å²) in [4.78, 5) is 10.5. The van der Waals surface area contributed by atoms with E-state index >= 15 is 0 Å². The maximum atomic E-state index is 9.48. The SMILES string of the molecule is [B]OC(=C(C#N)c1sc(C)nc1C)c1nc(C)sc1C. The molecular formula is C13H12BN3OS2. The van der Waals surface area contributed by atoms with Crippen LogP contribution in [0.25, 0.3) is 11.3 Å². The molecule has 0 bridgehead atoms. The van der Waals surface area contributed by atoms with Crippen molar-refractivity contribution in [1.82, 2.24) is 9.97 Å². The number of allylic oxidation sites excluding steroid dienone is 1. The van der Waals surface area contributed by atoms with Crippen LogP contribution >= 0.6 is 22.7 Å². The third kappa shape index (κ3) is 2.62. The van der Waals surface area contributed by atoms with E-state index in [0.717, 1.165) is 25.5 Å². The summed E-state index contributed by atoms with van der Waals surface area (Å²) in [6.07, 6.45) is 0. The van der Waals surface area contributed by atoms with Crippen LogP contribution in [0.2, 0.25) is 0 Å². The molecule has 0 aliphatic rings. The van der Waals surface area contributed by atoms with Crippen LogP contribution in [0.15, 0.2) is 0 Å². The van der Waals surface area contributed by atoms with E-state index in [1.807, 2.05) is 27.7 Å². The molecule has 2 aromatic heterocycles. The van der Waals surface area contributed by atoms with Gasteiger partial charge in [0, 0.05) is 4.88 Å². The van der Waals surface area contributed by atoms with Gasteiger partial charge in [0.1, 0.15) is 23.1 Å². The van der Waals surface area contributed by atoms with Gasteiger partial charge < -0.3 is 4.65 Å². The molecule has 2 aromatic rings. The van der Waals surface area contributed by atoms with Crippen LogP contribution in [0.1, 0.15) is 31.2 Å². The van der Waals surface area contributed by atoms with E-state index in [-0.39, 0.29) is 0 Å². The Kier molecular flexibility index (Phi) is 4.26. The molecule has 0 N–H and O–H groups in total. The molecule has 4 nitrogen and oxygen atoms in total. The molecule has 2 radical (unpaired) electrons. The first kappa shape index (κ1) is 14.8. The minimum atomic E-state index is 0.307. The first-order chi connectivity index (χ1) is 9.47. The fraction of sp³-hybridized carbons (Fsp3) is 0.308. The lowest BCUT2D eigenvalue weighted by Crippen LogP contribution is -1.96. The van der Waals surface area contributed by atoms with Crippen LogP contribution in [0.3, 0.4) is 0 Å². The molecule has 2 rings (SSSR count). The highest BCUT2D eigenvalue weighted by atomic mass is 32.1. The van der Waals surface area contributed by atoms with Gasteiger partial charge in [0.25, 0.3) is 0 Å². The average molecular weight is 301 g/mol. The monoisotopic (exact) mass is 301 g/mol. The number of rotatable bonds is 3. The summed E-state index contributed by atoms with van der Waals surface area (Å²) >= 11 is 2.99. The van der Waals surface area contributed by atoms with Crippen LogP contribution in [0.4, 0.5) is 0 Å². The summed E-state index contributed by atoms with van der Waals surface area (Å²) in [6.45, 7) is 7.60. The van der Waals surface area contributed by atoms with E-state index in [1.54, 1.807) is 11.3 Å². The third-order valence-electron chi connectivity index (χ3n) is 2.71. The second kappa shape index (κ2) is 5.77. The van der Waals surface area contributed by atoms with Crippen LogP contribution in [-0.4, -0.2) is 18.0 Å². The van der Waals surface area contributed by atoms with Crippen molar-refractivity contribution in [3.8, 4) is 6.07 Å². The molecule has 0 aliphatic heterocycles. The zero-order chi connectivity index (χ0) is 14.9. The van der Waals surface area contributed by atoms with Gasteiger partial charge in [-0.3, -0.25) is 0 Å². The van der Waals surface area contributed by atoms with E-state index < -0.39 is 0 Å². The third-order valence-corrected chi connectivity index (χ3v) is 4.68. The Morgan fingerprint density at radius 2 is 1.80 bits per heavy atom. The van der Waals surface area contributed by atoms with Crippen molar-refractivity contribution in [2.24, 2.45) is 0 Å². The quantitative estimate of drug-likeness (QED) is 0.496. The summed E-state index contributed by atoms with van der Waals surface area (Å²) in [5, 5.41) is 11.3. The minimum absolute atomic E-state index is 0.307. The van der Waals surface area contributed by atoms with Gasteiger partial charge in [0.15, 0.2) is 0 Å². The molecule has 0 amide bonds. The highest BCUT2D eigenvalue weighted by Gasteiger charge is 2.20. The van der Waals surface area contributed by atoms with Crippen molar-refractivity contribution >= 4 is 42.1 Å². The smallest absolute Gasteiger partial charge is 0.374 e. The number of thiazole rings is 2. The second-order valence-electron chi connectivity index (χ2n) is 4.22. The number of aromatic nitrogens is 2. The molecule has 100 valence electrons. The van der Waals surface area contributed by atoms with Crippen LogP contribution in [0.5, 0.6) is 0 Å². The van der Waals surface area contributed by atoms with Crippen LogP contribution < -0.4 is 0 Å². The molecular weight excluding hydrogens is 289 g/mol. The van der Waals surface area contributed by atoms with Gasteiger partial charge >= 0.3 is 8.05 Å². The maximum Gasteiger partial charge on any atom is 0.374 e. The first-order valence-electron chi connectivity index (χ1n) is 5.87. The molecule has 0 aromatic carbocycles. The number of aryl methyl sites for hydroxylation is 4. The van der Waals surface area contributed by atoms with Crippen molar-refractivity contribution < 1.29 is 4.65 Å². The molecule has 7 heteroatoms. The molecule has 0 saturated heterocycles. The van der Waals surface area contributed by atoms with Crippen molar-refractivity contribution in [3.63, 3.8) is 0 Å². The van der Waals surface area contributed by atoms with E-state index in [4.69, 9.17) is 12.7 Å². The van der Waals surface area contributed by atoms with Gasteiger partial charge in [-0.05, 0) is 27.7 Å². The molecule has 20 heavy (non-hydrogen) atoms. The molecule has 0 saturated carbocycles. The Labute approximate surface area is 127 Å². The highest BCUT2D eigenvalue weighted by Crippen LogP contribution is 2.34. The largest absolute Gasteiger partial charge is 0.565 e. The predicted molar refractivity (Wildman–Crippen MR) is 82.4 cm³/mol. The number of nitrogens with zero attached hydrogens (tertiary/aromatic N) is 3. The van der Waals surface area contributed by atoms with E-state index in [2.05, 4.69) is 16.0 Å².